The van der Waals surface area contributed by atoms with Crippen molar-refractivity contribution in [2.24, 2.45) is 0 Å². The normalized spacial score (nSPS) is 15.5. The molecule has 0 N–H and O–H groups in total. The number of thioether (sulfide) groups is 1. The van der Waals surface area contributed by atoms with Crippen molar-refractivity contribution in [2.45, 2.75) is 12.0 Å². The largest absolute Gasteiger partial charge is 0.493 e. The molecular weight excluding hydrogens is 410 g/mol. The minimum atomic E-state index is -0.0724. The van der Waals surface area contributed by atoms with E-state index in [1.165, 1.54) is 0 Å². The Morgan fingerprint density at radius 2 is 1.71 bits per heavy atom. The van der Waals surface area contributed by atoms with Gasteiger partial charge in [-0.25, -0.2) is 0 Å². The second kappa shape index (κ2) is 10.3. The van der Waals surface area contributed by atoms with E-state index in [4.69, 9.17) is 14.2 Å². The molecule has 0 aliphatic carbocycles. The highest BCUT2D eigenvalue weighted by Crippen LogP contribution is 2.41. The number of para-hydroxylation sites is 1. The lowest BCUT2D eigenvalue weighted by molar-refractivity contribution is -0.133. The fraction of sp³-hybridized carbons (Fsp3) is 0.240. The predicted molar refractivity (Wildman–Crippen MR) is 123 cm³/mol. The molecule has 0 radical (unpaired) electrons. The van der Waals surface area contributed by atoms with Crippen molar-refractivity contribution in [3.8, 4) is 17.2 Å². The third-order valence-corrected chi connectivity index (χ3v) is 6.29. The Morgan fingerprint density at radius 3 is 2.45 bits per heavy atom. The fourth-order valence-electron chi connectivity index (χ4n) is 3.44. The van der Waals surface area contributed by atoms with Crippen LogP contribution in [-0.2, 0) is 11.4 Å². The third kappa shape index (κ3) is 5.33. The van der Waals surface area contributed by atoms with Gasteiger partial charge in [0, 0.05) is 12.3 Å². The summed E-state index contributed by atoms with van der Waals surface area (Å²) in [5.41, 5.74) is 2.10. The van der Waals surface area contributed by atoms with Crippen LogP contribution in [0.25, 0.3) is 0 Å². The van der Waals surface area contributed by atoms with Crippen LogP contribution in [0.3, 0.4) is 0 Å². The van der Waals surface area contributed by atoms with Gasteiger partial charge in [-0.05, 0) is 35.4 Å². The molecule has 1 heterocycles. The molecule has 4 rings (SSSR count). The van der Waals surface area contributed by atoms with Crippen LogP contribution >= 0.6 is 11.8 Å². The highest BCUT2D eigenvalue weighted by molar-refractivity contribution is 7.99. The van der Waals surface area contributed by atoms with Gasteiger partial charge in [0.1, 0.15) is 17.7 Å². The number of carbonyl (C=O) groups is 1. The molecule has 1 aliphatic rings. The molecule has 1 aliphatic heterocycles. The number of ether oxygens (including phenoxy) is 3. The van der Waals surface area contributed by atoms with Crippen molar-refractivity contribution in [3.63, 3.8) is 0 Å². The first-order chi connectivity index (χ1) is 15.2. The quantitative estimate of drug-likeness (QED) is 0.502. The summed E-state index contributed by atoms with van der Waals surface area (Å²) in [4.78, 5) is 14.7. The molecule has 160 valence electrons. The van der Waals surface area contributed by atoms with E-state index in [2.05, 4.69) is 0 Å². The summed E-state index contributed by atoms with van der Waals surface area (Å²) < 4.78 is 17.2. The summed E-state index contributed by atoms with van der Waals surface area (Å²) in [6.07, 6.45) is 0. The predicted octanol–water partition coefficient (Wildman–Crippen LogP) is 4.93. The van der Waals surface area contributed by atoms with Crippen molar-refractivity contribution in [1.82, 2.24) is 4.90 Å². The molecule has 0 bridgehead atoms. The van der Waals surface area contributed by atoms with Crippen LogP contribution in [0.5, 0.6) is 17.2 Å². The lowest BCUT2D eigenvalue weighted by atomic mass is 10.1. The minimum Gasteiger partial charge on any atom is -0.493 e. The Balaban J connectivity index is 1.46. The third-order valence-electron chi connectivity index (χ3n) is 5.03. The highest BCUT2D eigenvalue weighted by Gasteiger charge is 2.31. The Morgan fingerprint density at radius 1 is 0.968 bits per heavy atom. The summed E-state index contributed by atoms with van der Waals surface area (Å²) in [7, 11) is 1.63. The van der Waals surface area contributed by atoms with Crippen LogP contribution in [0.15, 0.2) is 78.9 Å². The van der Waals surface area contributed by atoms with Crippen molar-refractivity contribution in [1.29, 1.82) is 0 Å². The summed E-state index contributed by atoms with van der Waals surface area (Å²) in [6.45, 7) is 1.17. The molecule has 1 amide bonds. The van der Waals surface area contributed by atoms with Gasteiger partial charge in [-0.2, -0.15) is 0 Å². The van der Waals surface area contributed by atoms with Gasteiger partial charge >= 0.3 is 0 Å². The van der Waals surface area contributed by atoms with E-state index in [1.54, 1.807) is 18.9 Å². The van der Waals surface area contributed by atoms with Crippen LogP contribution in [-0.4, -0.2) is 36.8 Å². The number of carbonyl (C=O) groups excluding carboxylic acids is 1. The number of hydrogen-bond acceptors (Lipinski definition) is 5. The molecule has 0 spiro atoms. The van der Waals surface area contributed by atoms with Crippen molar-refractivity contribution in [2.75, 3.05) is 26.0 Å². The van der Waals surface area contributed by atoms with E-state index in [-0.39, 0.29) is 17.9 Å². The number of benzene rings is 3. The van der Waals surface area contributed by atoms with Crippen LogP contribution in [0.1, 0.15) is 16.5 Å². The molecule has 5 nitrogen and oxygen atoms in total. The maximum Gasteiger partial charge on any atom is 0.261 e. The summed E-state index contributed by atoms with van der Waals surface area (Å²) in [6, 6.07) is 25.3. The average molecular weight is 436 g/mol. The number of nitrogens with zero attached hydrogens (tertiary/aromatic N) is 1. The number of amides is 1. The molecule has 1 atom stereocenters. The summed E-state index contributed by atoms with van der Waals surface area (Å²) >= 11 is 1.74. The first-order valence-corrected chi connectivity index (χ1v) is 11.2. The Kier molecular flexibility index (Phi) is 6.99. The second-order valence-corrected chi connectivity index (χ2v) is 8.28. The van der Waals surface area contributed by atoms with Crippen LogP contribution in [0.2, 0.25) is 0 Å². The SMILES string of the molecule is COc1ccc(C2SCCN2C(=O)COc2ccccc2)cc1OCc1ccccc1. The Hall–Kier alpha value is -3.12. The van der Waals surface area contributed by atoms with Gasteiger partial charge in [0.05, 0.1) is 7.11 Å². The molecule has 1 fully saturated rings. The van der Waals surface area contributed by atoms with E-state index in [1.807, 2.05) is 83.8 Å². The lowest BCUT2D eigenvalue weighted by Crippen LogP contribution is -2.34. The molecule has 1 unspecified atom stereocenters. The van der Waals surface area contributed by atoms with Crippen molar-refractivity contribution < 1.29 is 19.0 Å². The fourth-order valence-corrected chi connectivity index (χ4v) is 4.71. The van der Waals surface area contributed by atoms with E-state index in [0.29, 0.717) is 30.4 Å². The van der Waals surface area contributed by atoms with Crippen LogP contribution < -0.4 is 14.2 Å². The van der Waals surface area contributed by atoms with E-state index >= 15 is 0 Å². The van der Waals surface area contributed by atoms with Gasteiger partial charge in [0.2, 0.25) is 0 Å². The maximum atomic E-state index is 12.9. The standard InChI is InChI=1S/C25H25NO4S/c1-28-22-13-12-20(16-23(22)30-17-19-8-4-2-5-9-19)25-26(14-15-31-25)24(27)18-29-21-10-6-3-7-11-21/h2-13,16,25H,14-15,17-18H2,1H3. The number of rotatable bonds is 8. The minimum absolute atomic E-state index is 0.0224. The Bertz CT molecular complexity index is 997. The number of methoxy groups -OCH3 is 1. The molecular formula is C25H25NO4S. The zero-order valence-electron chi connectivity index (χ0n) is 17.4. The number of hydrogen-bond donors (Lipinski definition) is 0. The van der Waals surface area contributed by atoms with E-state index in [9.17, 15) is 4.79 Å². The first kappa shape index (κ1) is 21.1. The van der Waals surface area contributed by atoms with Gasteiger partial charge in [-0.15, -0.1) is 11.8 Å². The molecule has 6 heteroatoms. The topological polar surface area (TPSA) is 48.0 Å². The zero-order chi connectivity index (χ0) is 21.5. The van der Waals surface area contributed by atoms with Gasteiger partial charge in [-0.1, -0.05) is 54.6 Å². The molecule has 31 heavy (non-hydrogen) atoms. The zero-order valence-corrected chi connectivity index (χ0v) is 18.2. The van der Waals surface area contributed by atoms with Crippen molar-refractivity contribution in [3.05, 3.63) is 90.0 Å². The molecule has 3 aromatic carbocycles. The molecule has 1 saturated heterocycles. The van der Waals surface area contributed by atoms with Gasteiger partial charge in [0.25, 0.3) is 5.91 Å². The smallest absolute Gasteiger partial charge is 0.261 e. The van der Waals surface area contributed by atoms with Crippen molar-refractivity contribution >= 4 is 17.7 Å². The maximum absolute atomic E-state index is 12.9. The highest BCUT2D eigenvalue weighted by atomic mass is 32.2. The van der Waals surface area contributed by atoms with E-state index in [0.717, 1.165) is 16.9 Å². The summed E-state index contributed by atoms with van der Waals surface area (Å²) in [5, 5.41) is -0.0724. The molecule has 0 aromatic heterocycles. The monoisotopic (exact) mass is 435 g/mol. The average Bonchev–Trinajstić information content (AvgIpc) is 3.32. The van der Waals surface area contributed by atoms with Gasteiger partial charge in [0.15, 0.2) is 18.1 Å². The van der Waals surface area contributed by atoms with Crippen LogP contribution in [0, 0.1) is 0 Å². The second-order valence-electron chi connectivity index (χ2n) is 7.10. The molecule has 3 aromatic rings. The van der Waals surface area contributed by atoms with Gasteiger partial charge in [-0.3, -0.25) is 4.79 Å². The Labute approximate surface area is 186 Å². The van der Waals surface area contributed by atoms with Crippen LogP contribution in [0.4, 0.5) is 0 Å². The lowest BCUT2D eigenvalue weighted by Gasteiger charge is -2.25. The van der Waals surface area contributed by atoms with Gasteiger partial charge < -0.3 is 19.1 Å². The summed E-state index contributed by atoms with van der Waals surface area (Å²) in [5.74, 6) is 2.90. The first-order valence-electron chi connectivity index (χ1n) is 10.2. The molecule has 0 saturated carbocycles. The van der Waals surface area contributed by atoms with E-state index < -0.39 is 0 Å².